The molecule has 0 spiro atoms. The third-order valence-corrected chi connectivity index (χ3v) is 7.43. The van der Waals surface area contributed by atoms with Gasteiger partial charge in [-0.3, -0.25) is 4.79 Å². The van der Waals surface area contributed by atoms with Crippen LogP contribution >= 0.6 is 15.9 Å². The van der Waals surface area contributed by atoms with E-state index in [0.717, 1.165) is 52.4 Å². The number of halogens is 1. The first-order valence-electron chi connectivity index (χ1n) is 12.5. The lowest BCUT2D eigenvalue weighted by Crippen LogP contribution is -2.25. The number of benzene rings is 2. The summed E-state index contributed by atoms with van der Waals surface area (Å²) >= 11 is 3.47. The number of hydrogen-bond donors (Lipinski definition) is 0. The van der Waals surface area contributed by atoms with Crippen molar-refractivity contribution >= 4 is 49.9 Å². The molecule has 7 nitrogen and oxygen atoms in total. The van der Waals surface area contributed by atoms with Crippen LogP contribution in [-0.2, 0) is 9.53 Å². The van der Waals surface area contributed by atoms with Crippen molar-refractivity contribution in [2.24, 2.45) is 5.10 Å². The Morgan fingerprint density at radius 3 is 2.75 bits per heavy atom. The van der Waals surface area contributed by atoms with Crippen molar-refractivity contribution in [3.63, 3.8) is 0 Å². The van der Waals surface area contributed by atoms with Gasteiger partial charge in [0.05, 0.1) is 23.7 Å². The molecule has 0 N–H and O–H groups in total. The van der Waals surface area contributed by atoms with Gasteiger partial charge in [-0.25, -0.2) is 9.78 Å². The average Bonchev–Trinajstić information content (AvgIpc) is 3.27. The predicted molar refractivity (Wildman–Crippen MR) is 146 cm³/mol. The number of para-hydroxylation sites is 1. The largest absolute Gasteiger partial charge is 0.464 e. The number of ether oxygens (including phenoxy) is 1. The molecule has 186 valence electrons. The van der Waals surface area contributed by atoms with Gasteiger partial charge in [0, 0.05) is 33.1 Å². The standard InChI is InChI=1S/C28H29BrN4O3/c1-3-36-28(35)18(2)32-17-20(22-11-7-8-12-25(22)32)16-30-33-26(19-9-5-4-6-10-19)31-24-14-13-21(29)15-23(24)27(33)34/h7-8,11-19H,3-6,9-10H2,1-2H3/t18-/m0/s1. The van der Waals surface area contributed by atoms with Gasteiger partial charge in [-0.1, -0.05) is 53.4 Å². The van der Waals surface area contributed by atoms with E-state index >= 15 is 0 Å². The van der Waals surface area contributed by atoms with Crippen molar-refractivity contribution in [2.75, 3.05) is 6.61 Å². The molecule has 0 aliphatic heterocycles. The minimum atomic E-state index is -0.489. The highest BCUT2D eigenvalue weighted by Gasteiger charge is 2.23. The van der Waals surface area contributed by atoms with Gasteiger partial charge in [0.1, 0.15) is 11.9 Å². The molecule has 1 aliphatic rings. The van der Waals surface area contributed by atoms with Gasteiger partial charge in [-0.15, -0.1) is 0 Å². The van der Waals surface area contributed by atoms with Gasteiger partial charge in [-0.05, 0) is 51.0 Å². The van der Waals surface area contributed by atoms with Crippen LogP contribution in [0.2, 0.25) is 0 Å². The Bertz CT molecular complexity index is 1510. The monoisotopic (exact) mass is 548 g/mol. The molecule has 36 heavy (non-hydrogen) atoms. The zero-order valence-electron chi connectivity index (χ0n) is 20.5. The summed E-state index contributed by atoms with van der Waals surface area (Å²) in [4.78, 5) is 31.0. The van der Waals surface area contributed by atoms with Crippen molar-refractivity contribution in [2.45, 2.75) is 57.9 Å². The predicted octanol–water partition coefficient (Wildman–Crippen LogP) is 6.17. The van der Waals surface area contributed by atoms with E-state index in [1.54, 1.807) is 19.2 Å². The lowest BCUT2D eigenvalue weighted by Gasteiger charge is -2.22. The van der Waals surface area contributed by atoms with Gasteiger partial charge in [-0.2, -0.15) is 9.78 Å². The number of carbonyl (C=O) groups excluding carboxylic acids is 1. The van der Waals surface area contributed by atoms with Crippen LogP contribution in [0.15, 0.2) is 63.0 Å². The normalized spacial score (nSPS) is 15.6. The maximum absolute atomic E-state index is 13.6. The fourth-order valence-corrected chi connectivity index (χ4v) is 5.42. The fraction of sp³-hybridized carbons (Fsp3) is 0.357. The summed E-state index contributed by atoms with van der Waals surface area (Å²) in [5.74, 6) is 0.623. The Morgan fingerprint density at radius 1 is 1.19 bits per heavy atom. The summed E-state index contributed by atoms with van der Waals surface area (Å²) in [6.07, 6.45) is 9.06. The first-order chi connectivity index (χ1) is 17.5. The zero-order chi connectivity index (χ0) is 25.2. The minimum absolute atomic E-state index is 0.179. The van der Waals surface area contributed by atoms with Crippen LogP contribution in [0.4, 0.5) is 0 Å². The van der Waals surface area contributed by atoms with Crippen molar-refractivity contribution in [3.05, 3.63) is 74.9 Å². The van der Waals surface area contributed by atoms with Gasteiger partial charge in [0.15, 0.2) is 0 Å². The van der Waals surface area contributed by atoms with Gasteiger partial charge in [0.2, 0.25) is 0 Å². The molecule has 1 aliphatic carbocycles. The molecular weight excluding hydrogens is 520 g/mol. The van der Waals surface area contributed by atoms with Gasteiger partial charge in [0.25, 0.3) is 5.56 Å². The highest BCUT2D eigenvalue weighted by atomic mass is 79.9. The van der Waals surface area contributed by atoms with E-state index in [-0.39, 0.29) is 17.4 Å². The lowest BCUT2D eigenvalue weighted by atomic mass is 9.88. The first kappa shape index (κ1) is 24.4. The van der Waals surface area contributed by atoms with E-state index in [2.05, 4.69) is 15.9 Å². The van der Waals surface area contributed by atoms with Crippen LogP contribution in [0.5, 0.6) is 0 Å². The van der Waals surface area contributed by atoms with Crippen molar-refractivity contribution < 1.29 is 9.53 Å². The Balaban J connectivity index is 1.63. The Kier molecular flexibility index (Phi) is 7.05. The molecule has 0 bridgehead atoms. The minimum Gasteiger partial charge on any atom is -0.464 e. The van der Waals surface area contributed by atoms with Crippen LogP contribution in [0.25, 0.3) is 21.8 Å². The number of esters is 1. The summed E-state index contributed by atoms with van der Waals surface area (Å²) in [5.41, 5.74) is 2.23. The fourth-order valence-electron chi connectivity index (χ4n) is 5.05. The highest BCUT2D eigenvalue weighted by Crippen LogP contribution is 2.32. The molecular formula is C28H29BrN4O3. The second kappa shape index (κ2) is 10.4. The van der Waals surface area contributed by atoms with Crippen molar-refractivity contribution in [3.8, 4) is 0 Å². The third-order valence-electron chi connectivity index (χ3n) is 6.93. The van der Waals surface area contributed by atoms with Crippen LogP contribution < -0.4 is 5.56 Å². The SMILES string of the molecule is CCOC(=O)[C@H](C)n1cc(C=Nn2c(C3CCCCC3)nc3ccc(Br)cc3c2=O)c2ccccc21. The number of fused-ring (bicyclic) bond motifs is 2. The molecule has 8 heteroatoms. The van der Waals surface area contributed by atoms with E-state index in [1.165, 1.54) is 11.1 Å². The van der Waals surface area contributed by atoms with E-state index < -0.39 is 6.04 Å². The average molecular weight is 549 g/mol. The molecule has 1 atom stereocenters. The van der Waals surface area contributed by atoms with Crippen molar-refractivity contribution in [1.29, 1.82) is 0 Å². The molecule has 1 fully saturated rings. The van der Waals surface area contributed by atoms with Gasteiger partial charge >= 0.3 is 5.97 Å². The summed E-state index contributed by atoms with van der Waals surface area (Å²) < 4.78 is 9.44. The molecule has 2 aromatic heterocycles. The maximum atomic E-state index is 13.6. The Labute approximate surface area is 217 Å². The number of aromatic nitrogens is 3. The van der Waals surface area contributed by atoms with E-state index in [1.807, 2.05) is 54.1 Å². The number of nitrogens with zero attached hydrogens (tertiary/aromatic N) is 4. The summed E-state index contributed by atoms with van der Waals surface area (Å²) in [7, 11) is 0. The molecule has 2 aromatic carbocycles. The molecule has 5 rings (SSSR count). The van der Waals surface area contributed by atoms with E-state index in [9.17, 15) is 9.59 Å². The smallest absolute Gasteiger partial charge is 0.328 e. The van der Waals surface area contributed by atoms with Gasteiger partial charge < -0.3 is 9.30 Å². The van der Waals surface area contributed by atoms with Crippen LogP contribution in [0, 0.1) is 0 Å². The Hall–Kier alpha value is -3.26. The molecule has 0 saturated heterocycles. The summed E-state index contributed by atoms with van der Waals surface area (Å²) in [6.45, 7) is 3.95. The van der Waals surface area contributed by atoms with Crippen LogP contribution in [-0.4, -0.2) is 33.0 Å². The zero-order valence-corrected chi connectivity index (χ0v) is 22.1. The maximum Gasteiger partial charge on any atom is 0.328 e. The van der Waals surface area contributed by atoms with Crippen molar-refractivity contribution in [1.82, 2.24) is 14.2 Å². The number of carbonyl (C=O) groups is 1. The molecule has 1 saturated carbocycles. The first-order valence-corrected chi connectivity index (χ1v) is 13.3. The second-order valence-electron chi connectivity index (χ2n) is 9.26. The molecule has 4 aromatic rings. The molecule has 0 amide bonds. The lowest BCUT2D eigenvalue weighted by molar-refractivity contribution is -0.146. The molecule has 0 radical (unpaired) electrons. The van der Waals surface area contributed by atoms with Crippen LogP contribution in [0.3, 0.4) is 0 Å². The Morgan fingerprint density at radius 2 is 1.97 bits per heavy atom. The third kappa shape index (κ3) is 4.62. The highest BCUT2D eigenvalue weighted by molar-refractivity contribution is 9.10. The molecule has 2 heterocycles. The quantitative estimate of drug-likeness (QED) is 0.213. The van der Waals surface area contributed by atoms with Crippen LogP contribution in [0.1, 0.15) is 69.3 Å². The number of hydrogen-bond acceptors (Lipinski definition) is 5. The summed E-state index contributed by atoms with van der Waals surface area (Å²) in [6, 6.07) is 13.0. The summed E-state index contributed by atoms with van der Waals surface area (Å²) in [5, 5.41) is 6.18. The number of rotatable bonds is 6. The topological polar surface area (TPSA) is 78.5 Å². The molecule has 0 unspecified atom stereocenters. The second-order valence-corrected chi connectivity index (χ2v) is 10.2. The van der Waals surface area contributed by atoms with E-state index in [0.29, 0.717) is 17.5 Å². The van der Waals surface area contributed by atoms with E-state index in [4.69, 9.17) is 14.8 Å².